The Kier molecular flexibility index (Phi) is 5.03. The fraction of sp³-hybridized carbons (Fsp3) is 0.273. The Labute approximate surface area is 159 Å². The molecular formula is C22H23N3O2. The molecule has 0 aliphatic carbocycles. The maximum Gasteiger partial charge on any atom is 0.251 e. The SMILES string of the molecule is O=C1C[C@H](N2CCN(/C=C/c3ccccc3)CC2)C(=O)N1c1ccccc1. The summed E-state index contributed by atoms with van der Waals surface area (Å²) in [6.45, 7) is 3.27. The van der Waals surface area contributed by atoms with Crippen molar-refractivity contribution in [3.63, 3.8) is 0 Å². The highest BCUT2D eigenvalue weighted by atomic mass is 16.2. The molecule has 0 bridgehead atoms. The standard InChI is InChI=1S/C22H23N3O2/c26-21-17-20(22(27)25(21)19-9-5-2-6-10-19)24-15-13-23(14-16-24)12-11-18-7-3-1-4-8-18/h1-12,20H,13-17H2/b12-11+/t20-/m0/s1. The molecule has 2 heterocycles. The van der Waals surface area contributed by atoms with Crippen molar-refractivity contribution < 1.29 is 9.59 Å². The summed E-state index contributed by atoms with van der Waals surface area (Å²) in [5.41, 5.74) is 1.84. The molecule has 4 rings (SSSR count). The number of hydrogen-bond donors (Lipinski definition) is 0. The molecule has 0 aromatic heterocycles. The van der Waals surface area contributed by atoms with Gasteiger partial charge < -0.3 is 4.90 Å². The first-order valence-corrected chi connectivity index (χ1v) is 9.35. The molecule has 138 valence electrons. The molecule has 0 N–H and O–H groups in total. The van der Waals surface area contributed by atoms with Crippen LogP contribution < -0.4 is 4.90 Å². The van der Waals surface area contributed by atoms with Crippen LogP contribution in [0.1, 0.15) is 12.0 Å². The van der Waals surface area contributed by atoms with E-state index < -0.39 is 0 Å². The van der Waals surface area contributed by atoms with Gasteiger partial charge in [-0.1, -0.05) is 48.5 Å². The van der Waals surface area contributed by atoms with Crippen LogP contribution in [0.15, 0.2) is 66.9 Å². The van der Waals surface area contributed by atoms with Gasteiger partial charge in [0.25, 0.3) is 5.91 Å². The average Bonchev–Trinajstić information content (AvgIpc) is 3.02. The predicted molar refractivity (Wildman–Crippen MR) is 106 cm³/mol. The minimum Gasteiger partial charge on any atom is -0.375 e. The summed E-state index contributed by atoms with van der Waals surface area (Å²) in [5.74, 6) is -0.206. The van der Waals surface area contributed by atoms with Crippen molar-refractivity contribution in [1.82, 2.24) is 9.80 Å². The molecule has 0 radical (unpaired) electrons. The summed E-state index contributed by atoms with van der Waals surface area (Å²) in [7, 11) is 0. The number of piperazine rings is 1. The molecule has 2 saturated heterocycles. The second-order valence-electron chi connectivity index (χ2n) is 6.92. The first-order valence-electron chi connectivity index (χ1n) is 9.35. The summed E-state index contributed by atoms with van der Waals surface area (Å²) >= 11 is 0. The van der Waals surface area contributed by atoms with Crippen LogP contribution in [0.5, 0.6) is 0 Å². The van der Waals surface area contributed by atoms with Crippen LogP contribution in [-0.2, 0) is 9.59 Å². The Morgan fingerprint density at radius 1 is 0.815 bits per heavy atom. The number of carbonyl (C=O) groups excluding carboxylic acids is 2. The number of benzene rings is 2. The monoisotopic (exact) mass is 361 g/mol. The second kappa shape index (κ2) is 7.76. The highest BCUT2D eigenvalue weighted by molar-refractivity contribution is 6.22. The lowest BCUT2D eigenvalue weighted by molar-refractivity contribution is -0.123. The van der Waals surface area contributed by atoms with Crippen molar-refractivity contribution in [2.75, 3.05) is 31.1 Å². The molecule has 5 nitrogen and oxygen atoms in total. The number of imide groups is 1. The third kappa shape index (κ3) is 3.78. The summed E-state index contributed by atoms with van der Waals surface area (Å²) in [6, 6.07) is 19.1. The minimum absolute atomic E-state index is 0.0977. The van der Waals surface area contributed by atoms with E-state index >= 15 is 0 Å². The van der Waals surface area contributed by atoms with E-state index in [4.69, 9.17) is 0 Å². The van der Waals surface area contributed by atoms with E-state index in [9.17, 15) is 9.59 Å². The maximum absolute atomic E-state index is 12.8. The summed E-state index contributed by atoms with van der Waals surface area (Å²) in [5, 5.41) is 0. The predicted octanol–water partition coefficient (Wildman–Crippen LogP) is 2.61. The van der Waals surface area contributed by atoms with Crippen LogP contribution in [0.3, 0.4) is 0 Å². The van der Waals surface area contributed by atoms with Crippen LogP contribution >= 0.6 is 0 Å². The van der Waals surface area contributed by atoms with Gasteiger partial charge in [0.05, 0.1) is 18.2 Å². The van der Waals surface area contributed by atoms with Crippen molar-refractivity contribution >= 4 is 23.6 Å². The number of nitrogens with zero attached hydrogens (tertiary/aromatic N) is 3. The second-order valence-corrected chi connectivity index (χ2v) is 6.92. The van der Waals surface area contributed by atoms with Gasteiger partial charge in [0.15, 0.2) is 0 Å². The largest absolute Gasteiger partial charge is 0.375 e. The van der Waals surface area contributed by atoms with Gasteiger partial charge in [0.1, 0.15) is 0 Å². The third-order valence-corrected chi connectivity index (χ3v) is 5.20. The molecule has 0 unspecified atom stereocenters. The van der Waals surface area contributed by atoms with Crippen molar-refractivity contribution in [2.45, 2.75) is 12.5 Å². The van der Waals surface area contributed by atoms with E-state index in [1.54, 1.807) is 0 Å². The smallest absolute Gasteiger partial charge is 0.251 e. The number of rotatable bonds is 4. The lowest BCUT2D eigenvalue weighted by Crippen LogP contribution is -2.51. The number of hydrogen-bond acceptors (Lipinski definition) is 4. The highest BCUT2D eigenvalue weighted by Crippen LogP contribution is 2.26. The fourth-order valence-corrected chi connectivity index (χ4v) is 3.70. The highest BCUT2D eigenvalue weighted by Gasteiger charge is 2.43. The zero-order chi connectivity index (χ0) is 18.6. The molecule has 2 aromatic carbocycles. The first-order chi connectivity index (χ1) is 13.2. The average molecular weight is 361 g/mol. The molecule has 0 saturated carbocycles. The van der Waals surface area contributed by atoms with Crippen molar-refractivity contribution in [1.29, 1.82) is 0 Å². The number of para-hydroxylation sites is 1. The zero-order valence-electron chi connectivity index (χ0n) is 15.2. The molecule has 2 amide bonds. The van der Waals surface area contributed by atoms with E-state index in [-0.39, 0.29) is 24.3 Å². The number of anilines is 1. The van der Waals surface area contributed by atoms with E-state index in [1.165, 1.54) is 10.5 Å². The number of amides is 2. The van der Waals surface area contributed by atoms with E-state index in [2.05, 4.69) is 34.2 Å². The molecular weight excluding hydrogens is 338 g/mol. The van der Waals surface area contributed by atoms with Crippen LogP contribution in [0.2, 0.25) is 0 Å². The quantitative estimate of drug-likeness (QED) is 0.786. The third-order valence-electron chi connectivity index (χ3n) is 5.20. The van der Waals surface area contributed by atoms with Gasteiger partial charge in [0, 0.05) is 26.2 Å². The van der Waals surface area contributed by atoms with Crippen molar-refractivity contribution in [3.05, 3.63) is 72.4 Å². The van der Waals surface area contributed by atoms with Crippen molar-refractivity contribution in [2.24, 2.45) is 0 Å². The first kappa shape index (κ1) is 17.5. The Bertz CT molecular complexity index is 827. The van der Waals surface area contributed by atoms with Crippen molar-refractivity contribution in [3.8, 4) is 0 Å². The van der Waals surface area contributed by atoms with E-state index in [1.807, 2.05) is 48.5 Å². The van der Waals surface area contributed by atoms with Crippen LogP contribution in [-0.4, -0.2) is 53.8 Å². The molecule has 1 atom stereocenters. The summed E-state index contributed by atoms with van der Waals surface area (Å²) in [6.07, 6.45) is 4.50. The normalized spacial score (nSPS) is 21.4. The van der Waals surface area contributed by atoms with Gasteiger partial charge in [-0.25, -0.2) is 4.90 Å². The fourth-order valence-electron chi connectivity index (χ4n) is 3.70. The maximum atomic E-state index is 12.8. The Hall–Kier alpha value is -2.92. The molecule has 2 fully saturated rings. The molecule has 27 heavy (non-hydrogen) atoms. The van der Waals surface area contributed by atoms with Gasteiger partial charge in [-0.15, -0.1) is 0 Å². The zero-order valence-corrected chi connectivity index (χ0v) is 15.2. The van der Waals surface area contributed by atoms with Crippen LogP contribution in [0.25, 0.3) is 6.08 Å². The Morgan fingerprint density at radius 3 is 2.11 bits per heavy atom. The Balaban J connectivity index is 1.37. The van der Waals surface area contributed by atoms with Gasteiger partial charge in [-0.3, -0.25) is 14.5 Å². The van der Waals surface area contributed by atoms with E-state index in [0.717, 1.165) is 26.2 Å². The molecule has 2 aromatic rings. The lowest BCUT2D eigenvalue weighted by atomic mass is 10.1. The number of carbonyl (C=O) groups is 2. The van der Waals surface area contributed by atoms with Crippen LogP contribution in [0.4, 0.5) is 5.69 Å². The van der Waals surface area contributed by atoms with Gasteiger partial charge in [-0.2, -0.15) is 0 Å². The Morgan fingerprint density at radius 2 is 1.44 bits per heavy atom. The van der Waals surface area contributed by atoms with Crippen LogP contribution in [0, 0.1) is 0 Å². The van der Waals surface area contributed by atoms with Gasteiger partial charge in [0.2, 0.25) is 5.91 Å². The molecule has 5 heteroatoms. The van der Waals surface area contributed by atoms with E-state index in [0.29, 0.717) is 5.69 Å². The molecule has 0 spiro atoms. The topological polar surface area (TPSA) is 43.9 Å². The van der Waals surface area contributed by atoms with Gasteiger partial charge in [-0.05, 0) is 30.0 Å². The summed E-state index contributed by atoms with van der Waals surface area (Å²) < 4.78 is 0. The minimum atomic E-state index is -0.335. The molecule has 2 aliphatic heterocycles. The van der Waals surface area contributed by atoms with Gasteiger partial charge >= 0.3 is 0 Å². The molecule has 2 aliphatic rings. The lowest BCUT2D eigenvalue weighted by Gasteiger charge is -2.36. The summed E-state index contributed by atoms with van der Waals surface area (Å²) in [4.78, 5) is 31.0.